The molecule has 0 aromatic heterocycles. The van der Waals surface area contributed by atoms with Gasteiger partial charge in [0.05, 0.1) is 0 Å². The average Bonchev–Trinajstić information content (AvgIpc) is 2.19. The van der Waals surface area contributed by atoms with Gasteiger partial charge in [0, 0.05) is 0 Å². The summed E-state index contributed by atoms with van der Waals surface area (Å²) in [5, 5.41) is 0. The highest BCUT2D eigenvalue weighted by atomic mass is 127. The van der Waals surface area contributed by atoms with Crippen molar-refractivity contribution < 1.29 is 17.3 Å². The van der Waals surface area contributed by atoms with E-state index in [-0.39, 0.29) is 6.10 Å². The van der Waals surface area contributed by atoms with Gasteiger partial charge in [0.1, 0.15) is 29.1 Å². The van der Waals surface area contributed by atoms with Crippen molar-refractivity contribution in [3.05, 3.63) is 0 Å². The van der Waals surface area contributed by atoms with Gasteiger partial charge in [-0.1, -0.05) is 6.42 Å². The molecule has 0 amide bonds. The third-order valence-electron chi connectivity index (χ3n) is 2.20. The number of hydrogen-bond donors (Lipinski definition) is 0. The largest absolute Gasteiger partial charge is 0.510 e. The highest BCUT2D eigenvalue weighted by molar-refractivity contribution is 14.1. The molecule has 0 radical (unpaired) electrons. The van der Waals surface area contributed by atoms with Gasteiger partial charge >= 0.3 is 6.16 Å². The molecule has 0 saturated heterocycles. The van der Waals surface area contributed by atoms with Gasteiger partial charge in [-0.25, -0.2) is 4.79 Å². The van der Waals surface area contributed by atoms with Crippen LogP contribution < -0.4 is 0 Å². The fourth-order valence-electron chi connectivity index (χ4n) is 1.50. The van der Waals surface area contributed by atoms with E-state index in [0.29, 0.717) is 0 Å². The lowest BCUT2D eigenvalue weighted by Gasteiger charge is -2.21. The summed E-state index contributed by atoms with van der Waals surface area (Å²) < 4.78 is 14.7. The normalized spacial score (nSPS) is 20.1. The minimum absolute atomic E-state index is 0.0395. The number of rotatable bonds is 3. The number of ether oxygens (including phenoxy) is 2. The summed E-state index contributed by atoms with van der Waals surface area (Å²) in [7, 11) is 0. The summed E-state index contributed by atoms with van der Waals surface area (Å²) >= 11 is 1.68. The van der Waals surface area contributed by atoms with E-state index in [1.54, 1.807) is 29.9 Å². The van der Waals surface area contributed by atoms with Crippen LogP contribution in [0.15, 0.2) is 0 Å². The molecule has 82 valence electrons. The van der Waals surface area contributed by atoms with Crippen LogP contribution in [0.3, 0.4) is 0 Å². The van der Waals surface area contributed by atoms with Gasteiger partial charge in [-0.05, 0) is 32.6 Å². The summed E-state index contributed by atoms with van der Waals surface area (Å²) in [6.45, 7) is 1.65. The molecule has 5 heteroatoms. The Morgan fingerprint density at radius 2 is 2.00 bits per heavy atom. The van der Waals surface area contributed by atoms with E-state index in [1.807, 2.05) is 0 Å². The molecule has 0 aromatic carbocycles. The summed E-state index contributed by atoms with van der Waals surface area (Å²) in [6, 6.07) is 0. The third-order valence-corrected chi connectivity index (χ3v) is 2.92. The van der Waals surface area contributed by atoms with Crippen LogP contribution >= 0.6 is 23.0 Å². The molecular formula is C9H15IO4. The second-order valence-electron chi connectivity index (χ2n) is 3.40. The Labute approximate surface area is 98.0 Å². The lowest BCUT2D eigenvalue weighted by molar-refractivity contribution is -0.0525. The van der Waals surface area contributed by atoms with Crippen LogP contribution in [0, 0.1) is 0 Å². The molecule has 1 saturated carbocycles. The van der Waals surface area contributed by atoms with E-state index in [2.05, 4.69) is 0 Å². The first-order chi connectivity index (χ1) is 6.72. The van der Waals surface area contributed by atoms with Crippen molar-refractivity contribution in [3.8, 4) is 0 Å². The van der Waals surface area contributed by atoms with Gasteiger partial charge < -0.3 is 9.47 Å². The fraction of sp³-hybridized carbons (Fsp3) is 0.889. The van der Waals surface area contributed by atoms with Crippen molar-refractivity contribution in [3.63, 3.8) is 0 Å². The SMILES string of the molecule is CC(OI)OC(=O)OC1CCCCC1. The molecule has 14 heavy (non-hydrogen) atoms. The maximum atomic E-state index is 11.2. The zero-order valence-electron chi connectivity index (χ0n) is 8.20. The van der Waals surface area contributed by atoms with Crippen molar-refractivity contribution >= 4 is 29.2 Å². The Kier molecular flexibility index (Phi) is 5.54. The second kappa shape index (κ2) is 6.44. The molecule has 4 nitrogen and oxygen atoms in total. The smallest absolute Gasteiger partial charge is 0.431 e. The van der Waals surface area contributed by atoms with Gasteiger partial charge in [-0.2, -0.15) is 0 Å². The first kappa shape index (κ1) is 12.0. The van der Waals surface area contributed by atoms with Crippen molar-refractivity contribution in [1.82, 2.24) is 0 Å². The van der Waals surface area contributed by atoms with E-state index in [4.69, 9.17) is 12.5 Å². The standard InChI is InChI=1S/C9H15IO4/c1-7(14-10)12-9(11)13-8-5-3-2-4-6-8/h7-8H,2-6H2,1H3. The maximum Gasteiger partial charge on any atom is 0.510 e. The Balaban J connectivity index is 2.18. The molecule has 1 atom stereocenters. The van der Waals surface area contributed by atoms with Crippen LogP contribution in [0.1, 0.15) is 39.0 Å². The summed E-state index contributed by atoms with van der Waals surface area (Å²) in [6.07, 6.45) is 4.28. The minimum atomic E-state index is -0.624. The average molecular weight is 314 g/mol. The molecule has 0 heterocycles. The second-order valence-corrected chi connectivity index (χ2v) is 3.91. The van der Waals surface area contributed by atoms with Crippen molar-refractivity contribution in [2.45, 2.75) is 51.4 Å². The number of halogens is 1. The molecule has 0 spiro atoms. The van der Waals surface area contributed by atoms with Crippen molar-refractivity contribution in [2.24, 2.45) is 0 Å². The molecule has 1 unspecified atom stereocenters. The van der Waals surface area contributed by atoms with Crippen molar-refractivity contribution in [2.75, 3.05) is 0 Å². The highest BCUT2D eigenvalue weighted by Crippen LogP contribution is 2.20. The quantitative estimate of drug-likeness (QED) is 0.456. The maximum absolute atomic E-state index is 11.2. The monoisotopic (exact) mass is 314 g/mol. The first-order valence-electron chi connectivity index (χ1n) is 4.87. The number of hydrogen-bond acceptors (Lipinski definition) is 4. The predicted molar refractivity (Wildman–Crippen MR) is 59.0 cm³/mol. The van der Waals surface area contributed by atoms with Gasteiger partial charge in [-0.15, -0.1) is 0 Å². The Morgan fingerprint density at radius 3 is 2.57 bits per heavy atom. The summed E-state index contributed by atoms with van der Waals surface area (Å²) in [4.78, 5) is 11.2. The summed E-state index contributed by atoms with van der Waals surface area (Å²) in [5.74, 6) is 0. The number of carbonyl (C=O) groups excluding carboxylic acids is 1. The molecular weight excluding hydrogens is 299 g/mol. The topological polar surface area (TPSA) is 44.8 Å². The zero-order valence-corrected chi connectivity index (χ0v) is 10.4. The molecule has 0 aromatic rings. The molecule has 1 aliphatic rings. The predicted octanol–water partition coefficient (Wildman–Crippen LogP) is 3.18. The van der Waals surface area contributed by atoms with Crippen LogP contribution in [0.25, 0.3) is 0 Å². The summed E-state index contributed by atoms with van der Waals surface area (Å²) in [5.41, 5.74) is 0. The fourth-order valence-corrected chi connectivity index (χ4v) is 1.60. The Morgan fingerprint density at radius 1 is 1.36 bits per heavy atom. The first-order valence-corrected chi connectivity index (χ1v) is 5.75. The molecule has 0 bridgehead atoms. The van der Waals surface area contributed by atoms with Crippen molar-refractivity contribution in [1.29, 1.82) is 0 Å². The zero-order chi connectivity index (χ0) is 10.4. The van der Waals surface area contributed by atoms with E-state index in [9.17, 15) is 4.79 Å². The van der Waals surface area contributed by atoms with Gasteiger partial charge in [0.25, 0.3) is 0 Å². The van der Waals surface area contributed by atoms with Crippen LogP contribution in [0.5, 0.6) is 0 Å². The van der Waals surface area contributed by atoms with Crippen LogP contribution in [0.2, 0.25) is 0 Å². The van der Waals surface area contributed by atoms with E-state index in [0.717, 1.165) is 25.7 Å². The highest BCUT2D eigenvalue weighted by Gasteiger charge is 2.19. The molecule has 0 aliphatic heterocycles. The molecule has 1 fully saturated rings. The van der Waals surface area contributed by atoms with Crippen LogP contribution in [-0.4, -0.2) is 18.5 Å². The van der Waals surface area contributed by atoms with E-state index in [1.165, 1.54) is 6.42 Å². The van der Waals surface area contributed by atoms with Gasteiger partial charge in [-0.3, -0.25) is 3.07 Å². The lowest BCUT2D eigenvalue weighted by Crippen LogP contribution is -2.24. The van der Waals surface area contributed by atoms with Crippen LogP contribution in [-0.2, 0) is 12.5 Å². The molecule has 1 rings (SSSR count). The van der Waals surface area contributed by atoms with Gasteiger partial charge in [0.15, 0.2) is 0 Å². The minimum Gasteiger partial charge on any atom is -0.431 e. The van der Waals surface area contributed by atoms with Crippen LogP contribution in [0.4, 0.5) is 4.79 Å². The molecule has 1 aliphatic carbocycles. The lowest BCUT2D eigenvalue weighted by atomic mass is 9.98. The van der Waals surface area contributed by atoms with Gasteiger partial charge in [0.2, 0.25) is 6.29 Å². The van der Waals surface area contributed by atoms with E-state index < -0.39 is 12.4 Å². The third kappa shape index (κ3) is 4.45. The molecule has 0 N–H and O–H groups in total. The Bertz CT molecular complexity index is 180. The number of carbonyl (C=O) groups is 1. The Hall–Kier alpha value is -0.0400. The van der Waals surface area contributed by atoms with E-state index >= 15 is 0 Å².